The molecule has 0 radical (unpaired) electrons. The third-order valence-electron chi connectivity index (χ3n) is 5.62. The molecule has 166 valence electrons. The van der Waals surface area contributed by atoms with E-state index < -0.39 is 0 Å². The fraction of sp³-hybridized carbons (Fsp3) is 0.269. The first-order chi connectivity index (χ1) is 15.5. The predicted octanol–water partition coefficient (Wildman–Crippen LogP) is 5.09. The average Bonchev–Trinajstić information content (AvgIpc) is 3.42. The normalized spacial score (nSPS) is 12.4. The molecule has 1 unspecified atom stereocenters. The highest BCUT2D eigenvalue weighted by atomic mass is 32.1. The van der Waals surface area contributed by atoms with Gasteiger partial charge in [0.15, 0.2) is 0 Å². The lowest BCUT2D eigenvalue weighted by Gasteiger charge is -2.16. The molecular weight excluding hydrogens is 421 g/mol. The number of aromatic nitrogens is 1. The number of likely N-dealkylation sites (N-methyl/N-ethyl adjacent to an activating group) is 1. The van der Waals surface area contributed by atoms with Crippen molar-refractivity contribution < 1.29 is 9.18 Å². The summed E-state index contributed by atoms with van der Waals surface area (Å²) in [5, 5.41) is 6.26. The standard InChI is InChI=1S/C26H28FN3OS/c1-29(2)14-13-28-26(31)16-22(25-8-5-15-32-25)23-18-30(24-7-4-3-6-21(23)24)17-19-9-11-20(27)12-10-19/h3-12,15,18,22H,13-14,16-17H2,1-2H3,(H,28,31). The monoisotopic (exact) mass is 449 g/mol. The van der Waals surface area contributed by atoms with Gasteiger partial charge in [0.25, 0.3) is 0 Å². The van der Waals surface area contributed by atoms with Crippen molar-refractivity contribution in [1.29, 1.82) is 0 Å². The predicted molar refractivity (Wildman–Crippen MR) is 130 cm³/mol. The van der Waals surface area contributed by atoms with Gasteiger partial charge in [-0.25, -0.2) is 4.39 Å². The molecule has 0 aliphatic carbocycles. The maximum atomic E-state index is 13.4. The number of para-hydroxylation sites is 1. The molecule has 1 amide bonds. The summed E-state index contributed by atoms with van der Waals surface area (Å²) in [4.78, 5) is 16.0. The molecular formula is C26H28FN3OS. The number of carbonyl (C=O) groups is 1. The van der Waals surface area contributed by atoms with Crippen molar-refractivity contribution in [2.75, 3.05) is 27.2 Å². The van der Waals surface area contributed by atoms with E-state index in [4.69, 9.17) is 0 Å². The van der Waals surface area contributed by atoms with Crippen molar-refractivity contribution in [1.82, 2.24) is 14.8 Å². The second kappa shape index (κ2) is 10.1. The molecule has 2 aromatic carbocycles. The molecule has 0 fully saturated rings. The Bertz CT molecular complexity index is 1170. The Morgan fingerprint density at radius 1 is 1.09 bits per heavy atom. The van der Waals surface area contributed by atoms with Gasteiger partial charge in [-0.2, -0.15) is 0 Å². The van der Waals surface area contributed by atoms with Crippen LogP contribution in [0.2, 0.25) is 0 Å². The van der Waals surface area contributed by atoms with Gasteiger partial charge in [-0.15, -0.1) is 11.3 Å². The first kappa shape index (κ1) is 22.2. The Labute approximate surface area is 192 Å². The Balaban J connectivity index is 1.66. The highest BCUT2D eigenvalue weighted by Crippen LogP contribution is 2.37. The van der Waals surface area contributed by atoms with E-state index in [9.17, 15) is 9.18 Å². The van der Waals surface area contributed by atoms with Gasteiger partial charge in [0.1, 0.15) is 5.82 Å². The van der Waals surface area contributed by atoms with Crippen LogP contribution in [0.15, 0.2) is 72.2 Å². The van der Waals surface area contributed by atoms with Crippen LogP contribution in [0.1, 0.15) is 28.3 Å². The molecule has 4 rings (SSSR count). The summed E-state index contributed by atoms with van der Waals surface area (Å²) in [7, 11) is 3.99. The van der Waals surface area contributed by atoms with Gasteiger partial charge in [0, 0.05) is 53.9 Å². The van der Waals surface area contributed by atoms with Crippen LogP contribution in [0.4, 0.5) is 4.39 Å². The zero-order valence-electron chi connectivity index (χ0n) is 18.4. The molecule has 4 aromatic rings. The summed E-state index contributed by atoms with van der Waals surface area (Å²) < 4.78 is 15.6. The van der Waals surface area contributed by atoms with E-state index in [1.807, 2.05) is 44.4 Å². The van der Waals surface area contributed by atoms with Crippen molar-refractivity contribution in [2.45, 2.75) is 18.9 Å². The molecule has 1 N–H and O–H groups in total. The van der Waals surface area contributed by atoms with E-state index in [1.54, 1.807) is 11.3 Å². The molecule has 2 aromatic heterocycles. The first-order valence-electron chi connectivity index (χ1n) is 10.8. The van der Waals surface area contributed by atoms with Gasteiger partial charge in [-0.3, -0.25) is 4.79 Å². The number of carbonyl (C=O) groups excluding carboxylic acids is 1. The number of benzene rings is 2. The highest BCUT2D eigenvalue weighted by Gasteiger charge is 2.23. The summed E-state index contributed by atoms with van der Waals surface area (Å²) in [6, 6.07) is 19.1. The Morgan fingerprint density at radius 3 is 2.59 bits per heavy atom. The SMILES string of the molecule is CN(C)CCNC(=O)CC(c1cccs1)c1cn(Cc2ccc(F)cc2)c2ccccc12. The Hall–Kier alpha value is -2.96. The number of amides is 1. The Morgan fingerprint density at radius 2 is 1.88 bits per heavy atom. The van der Waals surface area contributed by atoms with E-state index in [0.717, 1.165) is 28.6 Å². The number of thiophene rings is 1. The van der Waals surface area contributed by atoms with E-state index in [1.165, 1.54) is 17.0 Å². The molecule has 0 bridgehead atoms. The molecule has 0 aliphatic heterocycles. The van der Waals surface area contributed by atoms with Gasteiger partial charge in [-0.05, 0) is 54.9 Å². The summed E-state index contributed by atoms with van der Waals surface area (Å²) >= 11 is 1.68. The van der Waals surface area contributed by atoms with Crippen LogP contribution >= 0.6 is 11.3 Å². The van der Waals surface area contributed by atoms with E-state index in [0.29, 0.717) is 19.5 Å². The lowest BCUT2D eigenvalue weighted by Crippen LogP contribution is -2.32. The lowest BCUT2D eigenvalue weighted by molar-refractivity contribution is -0.121. The summed E-state index contributed by atoms with van der Waals surface area (Å²) in [5.41, 5.74) is 3.29. The van der Waals surface area contributed by atoms with Gasteiger partial charge in [-0.1, -0.05) is 36.4 Å². The lowest BCUT2D eigenvalue weighted by atomic mass is 9.93. The highest BCUT2D eigenvalue weighted by molar-refractivity contribution is 7.10. The zero-order chi connectivity index (χ0) is 22.5. The number of nitrogens with one attached hydrogen (secondary N) is 1. The number of fused-ring (bicyclic) bond motifs is 1. The fourth-order valence-corrected chi connectivity index (χ4v) is 4.85. The zero-order valence-corrected chi connectivity index (χ0v) is 19.2. The summed E-state index contributed by atoms with van der Waals surface area (Å²) in [6.07, 6.45) is 2.56. The largest absolute Gasteiger partial charge is 0.355 e. The van der Waals surface area contributed by atoms with Crippen LogP contribution < -0.4 is 5.32 Å². The van der Waals surface area contributed by atoms with E-state index >= 15 is 0 Å². The smallest absolute Gasteiger partial charge is 0.221 e. The molecule has 0 saturated heterocycles. The number of halogens is 1. The molecule has 0 spiro atoms. The minimum absolute atomic E-state index is 0.0197. The molecule has 0 saturated carbocycles. The van der Waals surface area contributed by atoms with Gasteiger partial charge in [0.05, 0.1) is 0 Å². The van der Waals surface area contributed by atoms with E-state index in [-0.39, 0.29) is 17.6 Å². The minimum Gasteiger partial charge on any atom is -0.355 e. The first-order valence-corrected chi connectivity index (χ1v) is 11.7. The average molecular weight is 450 g/mol. The van der Waals surface area contributed by atoms with Crippen LogP contribution in [0.5, 0.6) is 0 Å². The van der Waals surface area contributed by atoms with Gasteiger partial charge in [0.2, 0.25) is 5.91 Å². The molecule has 6 heteroatoms. The molecule has 1 atom stereocenters. The van der Waals surface area contributed by atoms with Crippen molar-refractivity contribution in [3.05, 3.63) is 94.1 Å². The third kappa shape index (κ3) is 5.26. The fourth-order valence-electron chi connectivity index (χ4n) is 4.00. The van der Waals surface area contributed by atoms with Gasteiger partial charge >= 0.3 is 0 Å². The summed E-state index contributed by atoms with van der Waals surface area (Å²) in [6.45, 7) is 2.09. The van der Waals surface area contributed by atoms with Crippen LogP contribution in [0.3, 0.4) is 0 Å². The number of nitrogens with zero attached hydrogens (tertiary/aromatic N) is 2. The van der Waals surface area contributed by atoms with E-state index in [2.05, 4.69) is 44.6 Å². The minimum atomic E-state index is -0.232. The second-order valence-corrected chi connectivity index (χ2v) is 9.26. The molecule has 0 aliphatic rings. The molecule has 2 heterocycles. The van der Waals surface area contributed by atoms with Crippen LogP contribution in [0.25, 0.3) is 10.9 Å². The van der Waals surface area contributed by atoms with Crippen molar-refractivity contribution in [2.24, 2.45) is 0 Å². The molecule has 32 heavy (non-hydrogen) atoms. The third-order valence-corrected chi connectivity index (χ3v) is 6.60. The van der Waals surface area contributed by atoms with Crippen molar-refractivity contribution in [3.63, 3.8) is 0 Å². The van der Waals surface area contributed by atoms with Gasteiger partial charge < -0.3 is 14.8 Å². The number of hydrogen-bond donors (Lipinski definition) is 1. The maximum Gasteiger partial charge on any atom is 0.221 e. The topological polar surface area (TPSA) is 37.3 Å². The summed E-state index contributed by atoms with van der Waals surface area (Å²) in [5.74, 6) is -0.195. The number of rotatable bonds is 9. The Kier molecular flexibility index (Phi) is 7.02. The van der Waals surface area contributed by atoms with Crippen molar-refractivity contribution in [3.8, 4) is 0 Å². The van der Waals surface area contributed by atoms with Crippen LogP contribution in [0, 0.1) is 5.82 Å². The second-order valence-electron chi connectivity index (χ2n) is 8.28. The number of hydrogen-bond acceptors (Lipinski definition) is 3. The van der Waals surface area contributed by atoms with Crippen molar-refractivity contribution >= 4 is 28.1 Å². The molecule has 4 nitrogen and oxygen atoms in total. The quantitative estimate of drug-likeness (QED) is 0.386. The van der Waals surface area contributed by atoms with Crippen LogP contribution in [-0.2, 0) is 11.3 Å². The van der Waals surface area contributed by atoms with Crippen LogP contribution in [-0.4, -0.2) is 42.6 Å². The maximum absolute atomic E-state index is 13.4.